The Hall–Kier alpha value is -3.71. The average molecular weight is 499 g/mol. The molecule has 0 atom stereocenters. The number of alkyl halides is 3. The summed E-state index contributed by atoms with van der Waals surface area (Å²) >= 11 is 5.50. The highest BCUT2D eigenvalue weighted by Crippen LogP contribution is 2.37. The van der Waals surface area contributed by atoms with Crippen molar-refractivity contribution in [3.63, 3.8) is 0 Å². The van der Waals surface area contributed by atoms with Crippen LogP contribution in [0.1, 0.15) is 31.4 Å². The lowest BCUT2D eigenvalue weighted by Crippen LogP contribution is -2.44. The van der Waals surface area contributed by atoms with Crippen molar-refractivity contribution >= 4 is 39.8 Å². The molecule has 0 saturated carbocycles. The van der Waals surface area contributed by atoms with Gasteiger partial charge in [0.15, 0.2) is 5.11 Å². The van der Waals surface area contributed by atoms with Gasteiger partial charge in [0, 0.05) is 24.2 Å². The van der Waals surface area contributed by atoms with Crippen molar-refractivity contribution in [3.05, 3.63) is 65.9 Å². The molecule has 0 aliphatic carbocycles. The standard InChI is InChI=1S/C25H21F3N4O2S/c1-24(2)22(33)32(18-8-6-17(15-29)20(13-18)25(26,27)28)23(35)31(24)11-4-12-34-19-9-7-16-5-3-10-30-21(16)14-19/h3,5-10,13-14H,4,11-12H2,1-2H3. The van der Waals surface area contributed by atoms with Crippen molar-refractivity contribution in [2.45, 2.75) is 32.0 Å². The van der Waals surface area contributed by atoms with Crippen molar-refractivity contribution in [1.29, 1.82) is 5.26 Å². The maximum atomic E-state index is 13.4. The van der Waals surface area contributed by atoms with Crippen LogP contribution in [0.2, 0.25) is 0 Å². The van der Waals surface area contributed by atoms with Crippen molar-refractivity contribution in [2.75, 3.05) is 18.1 Å². The Morgan fingerprint density at radius 1 is 1.17 bits per heavy atom. The molecular weight excluding hydrogens is 477 g/mol. The molecule has 2 aromatic carbocycles. The molecule has 0 N–H and O–H groups in total. The Kier molecular flexibility index (Phi) is 6.38. The van der Waals surface area contributed by atoms with E-state index in [1.54, 1.807) is 31.0 Å². The zero-order valence-corrected chi connectivity index (χ0v) is 19.8. The molecule has 1 amide bonds. The Morgan fingerprint density at radius 3 is 2.66 bits per heavy atom. The number of carbonyl (C=O) groups excluding carboxylic acids is 1. The average Bonchev–Trinajstić information content (AvgIpc) is 2.99. The molecule has 0 unspecified atom stereocenters. The normalized spacial score (nSPS) is 15.5. The van der Waals surface area contributed by atoms with Crippen molar-refractivity contribution in [3.8, 4) is 11.8 Å². The van der Waals surface area contributed by atoms with E-state index in [1.165, 1.54) is 6.07 Å². The molecule has 35 heavy (non-hydrogen) atoms. The summed E-state index contributed by atoms with van der Waals surface area (Å²) in [4.78, 5) is 20.2. The first-order valence-corrected chi connectivity index (χ1v) is 11.2. The van der Waals surface area contributed by atoms with E-state index < -0.39 is 28.7 Å². The number of benzene rings is 2. The second-order valence-electron chi connectivity index (χ2n) is 8.53. The molecule has 1 saturated heterocycles. The first kappa shape index (κ1) is 24.4. The van der Waals surface area contributed by atoms with Crippen LogP contribution in [0, 0.1) is 11.3 Å². The Balaban J connectivity index is 1.47. The zero-order valence-electron chi connectivity index (χ0n) is 19.0. The van der Waals surface area contributed by atoms with Gasteiger partial charge in [0.1, 0.15) is 11.3 Å². The van der Waals surface area contributed by atoms with E-state index in [-0.39, 0.29) is 10.8 Å². The largest absolute Gasteiger partial charge is 0.493 e. The fourth-order valence-electron chi connectivity index (χ4n) is 3.99. The van der Waals surface area contributed by atoms with Gasteiger partial charge in [0.2, 0.25) is 0 Å². The van der Waals surface area contributed by atoms with Gasteiger partial charge in [0.05, 0.1) is 35.0 Å². The second kappa shape index (κ2) is 9.15. The number of nitrogens with zero attached hydrogens (tertiary/aromatic N) is 4. The lowest BCUT2D eigenvalue weighted by Gasteiger charge is -2.29. The van der Waals surface area contributed by atoms with Crippen LogP contribution in [-0.2, 0) is 11.0 Å². The number of hydrogen-bond donors (Lipinski definition) is 0. The topological polar surface area (TPSA) is 69.5 Å². The van der Waals surface area contributed by atoms with Gasteiger partial charge in [-0.1, -0.05) is 6.07 Å². The van der Waals surface area contributed by atoms with E-state index in [4.69, 9.17) is 22.2 Å². The van der Waals surface area contributed by atoms with E-state index in [0.717, 1.165) is 27.9 Å². The third-order valence-corrected chi connectivity index (χ3v) is 6.29. The van der Waals surface area contributed by atoms with Gasteiger partial charge in [-0.3, -0.25) is 14.7 Å². The monoisotopic (exact) mass is 498 g/mol. The van der Waals surface area contributed by atoms with Gasteiger partial charge in [-0.2, -0.15) is 18.4 Å². The SMILES string of the molecule is CC1(C)C(=O)N(c2ccc(C#N)c(C(F)(F)F)c2)C(=S)N1CCCOc1ccc2cccnc2c1. The summed E-state index contributed by atoms with van der Waals surface area (Å²) in [6, 6.07) is 14.1. The smallest absolute Gasteiger partial charge is 0.417 e. The van der Waals surface area contributed by atoms with Crippen LogP contribution in [-0.4, -0.2) is 39.6 Å². The number of hydrogen-bond acceptors (Lipinski definition) is 5. The summed E-state index contributed by atoms with van der Waals surface area (Å²) in [5, 5.41) is 10.1. The number of carbonyl (C=O) groups is 1. The number of nitriles is 1. The summed E-state index contributed by atoms with van der Waals surface area (Å²) in [5.41, 5.74) is -1.90. The number of rotatable bonds is 6. The Bertz CT molecular complexity index is 1350. The Labute approximate surface area is 205 Å². The minimum atomic E-state index is -4.74. The van der Waals surface area contributed by atoms with E-state index >= 15 is 0 Å². The molecule has 0 bridgehead atoms. The van der Waals surface area contributed by atoms with Crippen molar-refractivity contribution in [1.82, 2.24) is 9.88 Å². The third-order valence-electron chi connectivity index (χ3n) is 5.88. The molecule has 1 fully saturated rings. The number of pyridine rings is 1. The molecule has 10 heteroatoms. The van der Waals surface area contributed by atoms with Gasteiger partial charge < -0.3 is 9.64 Å². The molecule has 2 heterocycles. The van der Waals surface area contributed by atoms with Gasteiger partial charge in [-0.25, -0.2) is 0 Å². The lowest BCUT2D eigenvalue weighted by atomic mass is 10.0. The van der Waals surface area contributed by atoms with E-state index in [0.29, 0.717) is 25.3 Å². The number of anilines is 1. The van der Waals surface area contributed by atoms with Crippen molar-refractivity contribution in [2.24, 2.45) is 0 Å². The first-order chi connectivity index (χ1) is 16.5. The number of thiocarbonyl (C=S) groups is 1. The fourth-order valence-corrected chi connectivity index (χ4v) is 4.50. The van der Waals surface area contributed by atoms with E-state index in [1.807, 2.05) is 30.3 Å². The number of fused-ring (bicyclic) bond motifs is 1. The number of aromatic nitrogens is 1. The van der Waals surface area contributed by atoms with Gasteiger partial charge in [-0.15, -0.1) is 0 Å². The minimum Gasteiger partial charge on any atom is -0.493 e. The molecule has 0 spiro atoms. The number of ether oxygens (including phenoxy) is 1. The van der Waals surface area contributed by atoms with Gasteiger partial charge >= 0.3 is 6.18 Å². The maximum Gasteiger partial charge on any atom is 0.417 e. The zero-order chi connectivity index (χ0) is 25.4. The quantitative estimate of drug-likeness (QED) is 0.339. The van der Waals surface area contributed by atoms with E-state index in [9.17, 15) is 18.0 Å². The predicted octanol–water partition coefficient (Wildman–Crippen LogP) is 5.31. The van der Waals surface area contributed by atoms with Gasteiger partial charge in [0.25, 0.3) is 5.91 Å². The van der Waals surface area contributed by atoms with Crippen LogP contribution in [0.4, 0.5) is 18.9 Å². The first-order valence-electron chi connectivity index (χ1n) is 10.8. The molecule has 1 aliphatic rings. The summed E-state index contributed by atoms with van der Waals surface area (Å²) in [6.45, 7) is 4.05. The van der Waals surface area contributed by atoms with Crippen LogP contribution >= 0.6 is 12.2 Å². The van der Waals surface area contributed by atoms with Crippen LogP contribution in [0.3, 0.4) is 0 Å². The lowest BCUT2D eigenvalue weighted by molar-refractivity contribution is -0.137. The Morgan fingerprint density at radius 2 is 1.94 bits per heavy atom. The van der Waals surface area contributed by atoms with Crippen LogP contribution in [0.15, 0.2) is 54.7 Å². The highest BCUT2D eigenvalue weighted by Gasteiger charge is 2.49. The third kappa shape index (κ3) is 4.64. The van der Waals surface area contributed by atoms with Crippen molar-refractivity contribution < 1.29 is 22.7 Å². The van der Waals surface area contributed by atoms with Gasteiger partial charge in [-0.05, 0) is 68.9 Å². The van der Waals surface area contributed by atoms with Crippen LogP contribution in [0.5, 0.6) is 5.75 Å². The molecule has 1 aliphatic heterocycles. The summed E-state index contributed by atoms with van der Waals surface area (Å²) < 4.78 is 46.2. The fraction of sp³-hybridized carbons (Fsp3) is 0.280. The highest BCUT2D eigenvalue weighted by molar-refractivity contribution is 7.80. The molecule has 180 valence electrons. The highest BCUT2D eigenvalue weighted by atomic mass is 32.1. The van der Waals surface area contributed by atoms with Crippen LogP contribution in [0.25, 0.3) is 10.9 Å². The molecule has 0 radical (unpaired) electrons. The molecular formula is C25H21F3N4O2S. The number of amides is 1. The number of halogens is 3. The summed E-state index contributed by atoms with van der Waals surface area (Å²) in [6.07, 6.45) is -2.51. The minimum absolute atomic E-state index is 0.0261. The second-order valence-corrected chi connectivity index (χ2v) is 8.90. The summed E-state index contributed by atoms with van der Waals surface area (Å²) in [7, 11) is 0. The molecule has 1 aromatic heterocycles. The molecule has 4 rings (SSSR count). The maximum absolute atomic E-state index is 13.4. The van der Waals surface area contributed by atoms with E-state index in [2.05, 4.69) is 4.98 Å². The summed E-state index contributed by atoms with van der Waals surface area (Å²) in [5.74, 6) is 0.219. The predicted molar refractivity (Wildman–Crippen MR) is 129 cm³/mol. The van der Waals surface area contributed by atoms with Crippen LogP contribution < -0.4 is 9.64 Å². The molecule has 6 nitrogen and oxygen atoms in total. The molecule has 3 aromatic rings.